The van der Waals surface area contributed by atoms with Gasteiger partial charge in [0.2, 0.25) is 0 Å². The molecule has 0 amide bonds. The molecule has 0 aromatic heterocycles. The predicted octanol–water partition coefficient (Wildman–Crippen LogP) is 1.58. The fourth-order valence-corrected chi connectivity index (χ4v) is 2.49. The Balaban J connectivity index is 2.19. The highest BCUT2D eigenvalue weighted by Gasteiger charge is 2.14. The van der Waals surface area contributed by atoms with E-state index in [1.54, 1.807) is 18.2 Å². The van der Waals surface area contributed by atoms with E-state index >= 15 is 0 Å². The number of hydrogen-bond donors (Lipinski definition) is 1. The molecule has 0 aliphatic heterocycles. The Kier molecular flexibility index (Phi) is 7.55. The van der Waals surface area contributed by atoms with E-state index in [2.05, 4.69) is 0 Å². The zero-order valence-electron chi connectivity index (χ0n) is 11.9. The molecule has 0 bridgehead atoms. The second kappa shape index (κ2) is 9.16. The summed E-state index contributed by atoms with van der Waals surface area (Å²) in [5.74, 6) is -1.42. The summed E-state index contributed by atoms with van der Waals surface area (Å²) in [6.07, 6.45) is 0.905. The molecule has 0 radical (unpaired) electrons. The van der Waals surface area contributed by atoms with Gasteiger partial charge in [0.25, 0.3) is 10.1 Å². The van der Waals surface area contributed by atoms with E-state index in [1.165, 1.54) is 12.1 Å². The van der Waals surface area contributed by atoms with Gasteiger partial charge in [-0.1, -0.05) is 18.2 Å². The molecule has 0 unspecified atom stereocenters. The lowest BCUT2D eigenvalue weighted by Gasteiger charge is -2.06. The minimum absolute atomic E-state index is 0.00567. The van der Waals surface area contributed by atoms with Gasteiger partial charge in [-0.15, -0.1) is 0 Å². The molecule has 0 spiro atoms. The Bertz CT molecular complexity index is 580. The highest BCUT2D eigenvalue weighted by Crippen LogP contribution is 2.11. The molecule has 1 rings (SSSR count). The lowest BCUT2D eigenvalue weighted by atomic mass is 10.2. The van der Waals surface area contributed by atoms with Gasteiger partial charge in [0.1, 0.15) is 13.2 Å². The van der Waals surface area contributed by atoms with Gasteiger partial charge in [-0.25, -0.2) is 0 Å². The molecule has 0 heterocycles. The Morgan fingerprint density at radius 2 is 1.64 bits per heavy atom. The first kappa shape index (κ1) is 18.1. The third-order valence-corrected chi connectivity index (χ3v) is 3.96. The molecule has 1 aromatic carbocycles. The number of hydrogen-bond acceptors (Lipinski definition) is 6. The summed E-state index contributed by atoms with van der Waals surface area (Å²) in [4.78, 5) is 21.6. The van der Waals surface area contributed by atoms with Crippen LogP contribution in [-0.2, 0) is 28.6 Å². The predicted molar refractivity (Wildman–Crippen MR) is 76.6 cm³/mol. The van der Waals surface area contributed by atoms with E-state index in [-0.39, 0.29) is 31.0 Å². The van der Waals surface area contributed by atoms with Gasteiger partial charge in [-0.05, 0) is 25.0 Å². The van der Waals surface area contributed by atoms with Crippen molar-refractivity contribution in [2.45, 2.75) is 30.6 Å². The van der Waals surface area contributed by atoms with Crippen LogP contribution in [0.1, 0.15) is 25.7 Å². The van der Waals surface area contributed by atoms with Crippen LogP contribution in [0, 0.1) is 0 Å². The van der Waals surface area contributed by atoms with Gasteiger partial charge in [0, 0.05) is 12.8 Å². The maximum atomic E-state index is 11.7. The topological polar surface area (TPSA) is 107 Å². The smallest absolute Gasteiger partial charge is 0.305 e. The third kappa shape index (κ3) is 7.19. The molecular weight excluding hydrogens is 312 g/mol. The number of esters is 1. The number of carbonyl (C=O) groups excluding carboxylic acids is 1. The number of benzene rings is 1. The summed E-state index contributed by atoms with van der Waals surface area (Å²) in [5, 5.41) is 8.43. The van der Waals surface area contributed by atoms with Crippen LogP contribution in [0.5, 0.6) is 0 Å². The van der Waals surface area contributed by atoms with Gasteiger partial charge in [0.05, 0.1) is 4.90 Å². The summed E-state index contributed by atoms with van der Waals surface area (Å²) in [5.41, 5.74) is 0. The van der Waals surface area contributed by atoms with Crippen molar-refractivity contribution in [3.63, 3.8) is 0 Å². The van der Waals surface area contributed by atoms with Crippen molar-refractivity contribution in [1.82, 2.24) is 0 Å². The lowest BCUT2D eigenvalue weighted by molar-refractivity contribution is -0.145. The largest absolute Gasteiger partial charge is 0.481 e. The first-order valence-corrected chi connectivity index (χ1v) is 8.14. The van der Waals surface area contributed by atoms with Crippen LogP contribution in [-0.4, -0.2) is 38.7 Å². The Labute approximate surface area is 129 Å². The van der Waals surface area contributed by atoms with Crippen LogP contribution >= 0.6 is 0 Å². The number of carboxylic acids is 1. The molecule has 0 fully saturated rings. The van der Waals surface area contributed by atoms with Crippen molar-refractivity contribution in [3.05, 3.63) is 30.3 Å². The summed E-state index contributed by atoms with van der Waals surface area (Å²) >= 11 is 0. The van der Waals surface area contributed by atoms with Crippen molar-refractivity contribution in [2.24, 2.45) is 0 Å². The van der Waals surface area contributed by atoms with E-state index in [1.807, 2.05) is 0 Å². The van der Waals surface area contributed by atoms with Crippen LogP contribution in [0.2, 0.25) is 0 Å². The standard InChI is InChI=1S/C14H18O7S/c15-13(16)8-4-5-9-14(17)20-10-11-21-22(18,19)12-6-2-1-3-7-12/h1-3,6-7H,4-5,8-11H2,(H,15,16). The maximum Gasteiger partial charge on any atom is 0.305 e. The fraction of sp³-hybridized carbons (Fsp3) is 0.429. The number of unbranched alkanes of at least 4 members (excludes halogenated alkanes) is 1. The van der Waals surface area contributed by atoms with Crippen molar-refractivity contribution in [2.75, 3.05) is 13.2 Å². The van der Waals surface area contributed by atoms with Gasteiger partial charge in [-0.3, -0.25) is 13.8 Å². The molecule has 1 N–H and O–H groups in total. The SMILES string of the molecule is O=C(O)CCCCC(=O)OCCOS(=O)(=O)c1ccccc1. The normalized spacial score (nSPS) is 11.1. The maximum absolute atomic E-state index is 11.7. The monoisotopic (exact) mass is 330 g/mol. The summed E-state index contributed by atoms with van der Waals surface area (Å²) in [6, 6.07) is 7.65. The Morgan fingerprint density at radius 1 is 1.00 bits per heavy atom. The first-order valence-electron chi connectivity index (χ1n) is 6.74. The van der Waals surface area contributed by atoms with E-state index in [0.29, 0.717) is 12.8 Å². The third-order valence-electron chi connectivity index (χ3n) is 2.64. The number of carboxylic acid groups (broad SMARTS) is 1. The molecule has 1 aromatic rings. The van der Waals surface area contributed by atoms with Crippen LogP contribution in [0.25, 0.3) is 0 Å². The average molecular weight is 330 g/mol. The highest BCUT2D eigenvalue weighted by atomic mass is 32.2. The number of carbonyl (C=O) groups is 2. The van der Waals surface area contributed by atoms with Gasteiger partial charge in [0.15, 0.2) is 0 Å². The number of aliphatic carboxylic acids is 1. The van der Waals surface area contributed by atoms with Gasteiger partial charge < -0.3 is 9.84 Å². The minimum atomic E-state index is -3.85. The van der Waals surface area contributed by atoms with Crippen molar-refractivity contribution < 1.29 is 32.0 Å². The Hall–Kier alpha value is -1.93. The summed E-state index contributed by atoms with van der Waals surface area (Å²) in [6.45, 7) is -0.443. The second-order valence-electron chi connectivity index (χ2n) is 4.41. The molecule has 7 nitrogen and oxygen atoms in total. The summed E-state index contributed by atoms with van der Waals surface area (Å²) < 4.78 is 33.0. The average Bonchev–Trinajstić information content (AvgIpc) is 2.49. The highest BCUT2D eigenvalue weighted by molar-refractivity contribution is 7.86. The van der Waals surface area contributed by atoms with E-state index in [4.69, 9.17) is 14.0 Å². The molecule has 0 saturated heterocycles. The Morgan fingerprint density at radius 3 is 2.27 bits per heavy atom. The molecule has 122 valence electrons. The molecule has 8 heteroatoms. The van der Waals surface area contributed by atoms with Gasteiger partial charge in [-0.2, -0.15) is 8.42 Å². The molecular formula is C14H18O7S. The van der Waals surface area contributed by atoms with Gasteiger partial charge >= 0.3 is 11.9 Å². The zero-order valence-corrected chi connectivity index (χ0v) is 12.8. The van der Waals surface area contributed by atoms with E-state index < -0.39 is 22.1 Å². The molecule has 22 heavy (non-hydrogen) atoms. The zero-order chi connectivity index (χ0) is 16.4. The van der Waals surface area contributed by atoms with E-state index in [0.717, 1.165) is 0 Å². The number of ether oxygens (including phenoxy) is 1. The van der Waals surface area contributed by atoms with Crippen molar-refractivity contribution in [3.8, 4) is 0 Å². The fourth-order valence-electron chi connectivity index (χ4n) is 1.57. The van der Waals surface area contributed by atoms with E-state index in [9.17, 15) is 18.0 Å². The van der Waals surface area contributed by atoms with Crippen LogP contribution in [0.15, 0.2) is 35.2 Å². The van der Waals surface area contributed by atoms with Crippen molar-refractivity contribution in [1.29, 1.82) is 0 Å². The quantitative estimate of drug-likeness (QED) is 0.394. The summed E-state index contributed by atoms with van der Waals surface area (Å²) in [7, 11) is -3.85. The van der Waals surface area contributed by atoms with Crippen LogP contribution in [0.4, 0.5) is 0 Å². The molecule has 0 aliphatic carbocycles. The minimum Gasteiger partial charge on any atom is -0.481 e. The lowest BCUT2D eigenvalue weighted by Crippen LogP contribution is -2.14. The molecule has 0 atom stereocenters. The second-order valence-corrected chi connectivity index (χ2v) is 6.03. The first-order chi connectivity index (χ1) is 10.4. The molecule has 0 aliphatic rings. The van der Waals surface area contributed by atoms with Crippen LogP contribution in [0.3, 0.4) is 0 Å². The van der Waals surface area contributed by atoms with Crippen LogP contribution < -0.4 is 0 Å². The number of rotatable bonds is 10. The van der Waals surface area contributed by atoms with Crippen molar-refractivity contribution >= 4 is 22.1 Å². The molecule has 0 saturated carbocycles.